The highest BCUT2D eigenvalue weighted by Crippen LogP contribution is 2.26. The van der Waals surface area contributed by atoms with Crippen molar-refractivity contribution in [2.75, 3.05) is 7.05 Å². The Kier molecular flexibility index (Phi) is 4.79. The Bertz CT molecular complexity index is 610. The fourth-order valence-corrected chi connectivity index (χ4v) is 2.70. The van der Waals surface area contributed by atoms with Crippen LogP contribution in [0.1, 0.15) is 28.3 Å². The van der Waals surface area contributed by atoms with Gasteiger partial charge in [-0.15, -0.1) is 0 Å². The largest absolute Gasteiger partial charge is 0.313 e. The minimum atomic E-state index is -0.320. The van der Waals surface area contributed by atoms with E-state index in [1.807, 2.05) is 7.05 Å². The van der Waals surface area contributed by atoms with Gasteiger partial charge in [0.25, 0.3) is 0 Å². The highest BCUT2D eigenvalue weighted by Gasteiger charge is 2.16. The molecule has 1 atom stereocenters. The Morgan fingerprint density at radius 2 is 1.95 bits per heavy atom. The summed E-state index contributed by atoms with van der Waals surface area (Å²) in [5.74, 6) is -0.320. The molecule has 2 aromatic rings. The van der Waals surface area contributed by atoms with Crippen molar-refractivity contribution in [1.29, 1.82) is 0 Å². The first-order valence-electron chi connectivity index (χ1n) is 6.70. The van der Waals surface area contributed by atoms with Crippen molar-refractivity contribution in [3.63, 3.8) is 0 Å². The van der Waals surface area contributed by atoms with Gasteiger partial charge in [-0.05, 0) is 50.1 Å². The third kappa shape index (κ3) is 3.20. The number of aryl methyl sites for hydroxylation is 2. The summed E-state index contributed by atoms with van der Waals surface area (Å²) in [6, 6.07) is 11.6. The zero-order chi connectivity index (χ0) is 14.7. The molecule has 0 bridgehead atoms. The van der Waals surface area contributed by atoms with E-state index in [0.717, 1.165) is 0 Å². The van der Waals surface area contributed by atoms with E-state index in [9.17, 15) is 4.39 Å². The summed E-state index contributed by atoms with van der Waals surface area (Å²) in [6.07, 6.45) is 0.576. The number of benzene rings is 2. The Morgan fingerprint density at radius 1 is 1.20 bits per heavy atom. The van der Waals surface area contributed by atoms with Crippen LogP contribution in [0.25, 0.3) is 0 Å². The smallest absolute Gasteiger partial charge is 0.145 e. The van der Waals surface area contributed by atoms with Crippen molar-refractivity contribution in [2.45, 2.75) is 26.3 Å². The molecule has 0 aliphatic heterocycles. The second kappa shape index (κ2) is 6.38. The molecule has 0 fully saturated rings. The molecule has 0 saturated heterocycles. The number of likely N-dealkylation sites (N-methyl/N-ethyl adjacent to an activating group) is 1. The molecular formula is C17H19ClFN. The lowest BCUT2D eigenvalue weighted by molar-refractivity contribution is 0.553. The van der Waals surface area contributed by atoms with Crippen molar-refractivity contribution in [3.8, 4) is 0 Å². The van der Waals surface area contributed by atoms with Gasteiger partial charge < -0.3 is 5.32 Å². The summed E-state index contributed by atoms with van der Waals surface area (Å²) in [5, 5.41) is 3.44. The van der Waals surface area contributed by atoms with Crippen LogP contribution >= 0.6 is 11.6 Å². The van der Waals surface area contributed by atoms with Gasteiger partial charge in [0.2, 0.25) is 0 Å². The van der Waals surface area contributed by atoms with Crippen LogP contribution in [0.15, 0.2) is 36.4 Å². The summed E-state index contributed by atoms with van der Waals surface area (Å²) >= 11 is 5.84. The van der Waals surface area contributed by atoms with E-state index in [4.69, 9.17) is 11.6 Å². The number of rotatable bonds is 4. The third-order valence-electron chi connectivity index (χ3n) is 3.60. The normalized spacial score (nSPS) is 12.4. The fourth-order valence-electron chi connectivity index (χ4n) is 2.51. The molecule has 1 unspecified atom stereocenters. The number of nitrogens with one attached hydrogen (secondary N) is 1. The minimum Gasteiger partial charge on any atom is -0.313 e. The number of hydrogen-bond donors (Lipinski definition) is 1. The lowest BCUT2D eigenvalue weighted by atomic mass is 9.94. The summed E-state index contributed by atoms with van der Waals surface area (Å²) in [6.45, 7) is 4.16. The van der Waals surface area contributed by atoms with Gasteiger partial charge in [-0.1, -0.05) is 47.5 Å². The van der Waals surface area contributed by atoms with Gasteiger partial charge >= 0.3 is 0 Å². The molecule has 0 aliphatic carbocycles. The van der Waals surface area contributed by atoms with Gasteiger partial charge in [-0.2, -0.15) is 0 Å². The van der Waals surface area contributed by atoms with E-state index in [-0.39, 0.29) is 16.9 Å². The predicted octanol–water partition coefficient (Wildman–Crippen LogP) is 4.60. The van der Waals surface area contributed by atoms with Crippen LogP contribution in [0, 0.1) is 19.7 Å². The van der Waals surface area contributed by atoms with Gasteiger partial charge in [0.05, 0.1) is 5.02 Å². The number of halogens is 2. The standard InChI is InChI=1S/C17H19ClFN/c1-11-7-8-14(12(2)9-11)16(20-3)10-13-5-4-6-15(18)17(13)19/h4-9,16,20H,10H2,1-3H3. The molecule has 0 aromatic heterocycles. The Morgan fingerprint density at radius 3 is 2.60 bits per heavy atom. The molecule has 0 aliphatic rings. The molecule has 1 N–H and O–H groups in total. The van der Waals surface area contributed by atoms with Crippen molar-refractivity contribution < 1.29 is 4.39 Å². The van der Waals surface area contributed by atoms with E-state index >= 15 is 0 Å². The molecular weight excluding hydrogens is 273 g/mol. The van der Waals surface area contributed by atoms with Crippen LogP contribution in [0.4, 0.5) is 4.39 Å². The lowest BCUT2D eigenvalue weighted by Gasteiger charge is -2.20. The SMILES string of the molecule is CNC(Cc1cccc(Cl)c1F)c1ccc(C)cc1C. The first-order chi connectivity index (χ1) is 9.52. The molecule has 0 amide bonds. The average Bonchev–Trinajstić information content (AvgIpc) is 2.41. The zero-order valence-corrected chi connectivity index (χ0v) is 12.8. The molecule has 3 heteroatoms. The number of hydrogen-bond acceptors (Lipinski definition) is 1. The second-order valence-corrected chi connectivity index (χ2v) is 5.53. The van der Waals surface area contributed by atoms with Gasteiger partial charge in [0, 0.05) is 6.04 Å². The predicted molar refractivity (Wildman–Crippen MR) is 82.8 cm³/mol. The molecule has 0 heterocycles. The van der Waals surface area contributed by atoms with Crippen LogP contribution < -0.4 is 5.32 Å². The molecule has 0 saturated carbocycles. The molecule has 2 rings (SSSR count). The first-order valence-corrected chi connectivity index (χ1v) is 7.08. The highest BCUT2D eigenvalue weighted by molar-refractivity contribution is 6.30. The summed E-state index contributed by atoms with van der Waals surface area (Å²) in [5.41, 5.74) is 4.27. The summed E-state index contributed by atoms with van der Waals surface area (Å²) in [4.78, 5) is 0. The van der Waals surface area contributed by atoms with E-state index in [0.29, 0.717) is 12.0 Å². The molecule has 2 aromatic carbocycles. The molecule has 0 radical (unpaired) electrons. The maximum atomic E-state index is 14.0. The Balaban J connectivity index is 2.31. The van der Waals surface area contributed by atoms with Gasteiger partial charge in [-0.25, -0.2) is 4.39 Å². The molecule has 20 heavy (non-hydrogen) atoms. The van der Waals surface area contributed by atoms with Crippen LogP contribution in [0.5, 0.6) is 0 Å². The average molecular weight is 292 g/mol. The molecule has 1 nitrogen and oxygen atoms in total. The Hall–Kier alpha value is -1.38. The summed E-state index contributed by atoms with van der Waals surface area (Å²) in [7, 11) is 1.90. The monoisotopic (exact) mass is 291 g/mol. The van der Waals surface area contributed by atoms with E-state index < -0.39 is 0 Å². The van der Waals surface area contributed by atoms with E-state index in [1.54, 1.807) is 18.2 Å². The van der Waals surface area contributed by atoms with Gasteiger partial charge in [-0.3, -0.25) is 0 Å². The lowest BCUT2D eigenvalue weighted by Crippen LogP contribution is -2.20. The van der Waals surface area contributed by atoms with Crippen LogP contribution in [-0.4, -0.2) is 7.05 Å². The maximum absolute atomic E-state index is 14.0. The van der Waals surface area contributed by atoms with Crippen molar-refractivity contribution >= 4 is 11.6 Å². The minimum absolute atomic E-state index is 0.0727. The molecule has 106 valence electrons. The molecule has 0 spiro atoms. The first kappa shape index (κ1) is 15.0. The highest BCUT2D eigenvalue weighted by atomic mass is 35.5. The van der Waals surface area contributed by atoms with Gasteiger partial charge in [0.1, 0.15) is 5.82 Å². The third-order valence-corrected chi connectivity index (χ3v) is 3.90. The summed E-state index contributed by atoms with van der Waals surface area (Å²) < 4.78 is 14.0. The van der Waals surface area contributed by atoms with Crippen LogP contribution in [0.3, 0.4) is 0 Å². The quantitative estimate of drug-likeness (QED) is 0.868. The topological polar surface area (TPSA) is 12.0 Å². The van der Waals surface area contributed by atoms with Crippen LogP contribution in [0.2, 0.25) is 5.02 Å². The van der Waals surface area contributed by atoms with Crippen molar-refractivity contribution in [1.82, 2.24) is 5.32 Å². The zero-order valence-electron chi connectivity index (χ0n) is 12.0. The van der Waals surface area contributed by atoms with Gasteiger partial charge in [0.15, 0.2) is 0 Å². The maximum Gasteiger partial charge on any atom is 0.145 e. The fraction of sp³-hybridized carbons (Fsp3) is 0.294. The van der Waals surface area contributed by atoms with Crippen LogP contribution in [-0.2, 0) is 6.42 Å². The van der Waals surface area contributed by atoms with Crippen molar-refractivity contribution in [2.24, 2.45) is 0 Å². The van der Waals surface area contributed by atoms with Crippen molar-refractivity contribution in [3.05, 3.63) is 69.5 Å². The van der Waals surface area contributed by atoms with E-state index in [1.165, 1.54) is 16.7 Å². The van der Waals surface area contributed by atoms with E-state index in [2.05, 4.69) is 37.4 Å². The second-order valence-electron chi connectivity index (χ2n) is 5.12. The Labute approximate surface area is 124 Å².